The predicted octanol–water partition coefficient (Wildman–Crippen LogP) is 3.28. The fourth-order valence-electron chi connectivity index (χ4n) is 1.60. The van der Waals surface area contributed by atoms with Crippen LogP contribution in [0.3, 0.4) is 0 Å². The van der Waals surface area contributed by atoms with E-state index in [0.717, 1.165) is 15.9 Å². The highest BCUT2D eigenvalue weighted by Crippen LogP contribution is 2.24. The molecule has 0 bridgehead atoms. The van der Waals surface area contributed by atoms with E-state index in [2.05, 4.69) is 4.98 Å². The Hall–Kier alpha value is -1.55. The minimum absolute atomic E-state index is 0.197. The standard InChI is InChI=1S/C14H15NO2S/c1-3-17-14(16)10(2)18-13-9-8-11-6-4-5-7-12(11)15-13/h4-10H,3H2,1-2H3. The van der Waals surface area contributed by atoms with Gasteiger partial charge in [0, 0.05) is 5.39 Å². The number of nitrogens with zero attached hydrogens (tertiary/aromatic N) is 1. The first-order valence-corrected chi connectivity index (χ1v) is 6.77. The van der Waals surface area contributed by atoms with E-state index in [-0.39, 0.29) is 11.2 Å². The molecule has 0 aliphatic carbocycles. The maximum atomic E-state index is 11.5. The van der Waals surface area contributed by atoms with Crippen molar-refractivity contribution in [2.24, 2.45) is 0 Å². The number of benzene rings is 1. The van der Waals surface area contributed by atoms with Crippen LogP contribution in [-0.2, 0) is 9.53 Å². The number of hydrogen-bond acceptors (Lipinski definition) is 4. The van der Waals surface area contributed by atoms with Gasteiger partial charge in [-0.3, -0.25) is 4.79 Å². The Morgan fingerprint density at radius 3 is 2.89 bits per heavy atom. The van der Waals surface area contributed by atoms with Gasteiger partial charge in [0.15, 0.2) is 0 Å². The van der Waals surface area contributed by atoms with Crippen LogP contribution in [0.2, 0.25) is 0 Å². The van der Waals surface area contributed by atoms with E-state index in [0.29, 0.717) is 6.61 Å². The lowest BCUT2D eigenvalue weighted by Crippen LogP contribution is -2.16. The van der Waals surface area contributed by atoms with Crippen molar-refractivity contribution < 1.29 is 9.53 Å². The Kier molecular flexibility index (Phi) is 4.20. The summed E-state index contributed by atoms with van der Waals surface area (Å²) in [6.07, 6.45) is 0. The summed E-state index contributed by atoms with van der Waals surface area (Å²) in [7, 11) is 0. The molecule has 1 heterocycles. The monoisotopic (exact) mass is 261 g/mol. The summed E-state index contributed by atoms with van der Waals surface area (Å²) in [4.78, 5) is 16.1. The third-order valence-corrected chi connectivity index (χ3v) is 3.50. The average molecular weight is 261 g/mol. The van der Waals surface area contributed by atoms with Crippen LogP contribution in [0.15, 0.2) is 41.4 Å². The molecule has 0 aliphatic rings. The van der Waals surface area contributed by atoms with Crippen molar-refractivity contribution in [2.45, 2.75) is 24.1 Å². The lowest BCUT2D eigenvalue weighted by atomic mass is 10.2. The van der Waals surface area contributed by atoms with E-state index in [9.17, 15) is 4.79 Å². The second kappa shape index (κ2) is 5.87. The van der Waals surface area contributed by atoms with Crippen LogP contribution in [-0.4, -0.2) is 22.8 Å². The molecule has 0 N–H and O–H groups in total. The average Bonchev–Trinajstić information content (AvgIpc) is 2.39. The van der Waals surface area contributed by atoms with Crippen LogP contribution >= 0.6 is 11.8 Å². The lowest BCUT2D eigenvalue weighted by Gasteiger charge is -2.09. The van der Waals surface area contributed by atoms with Crippen molar-refractivity contribution in [2.75, 3.05) is 6.61 Å². The van der Waals surface area contributed by atoms with Crippen molar-refractivity contribution in [3.63, 3.8) is 0 Å². The van der Waals surface area contributed by atoms with Crippen molar-refractivity contribution >= 4 is 28.6 Å². The van der Waals surface area contributed by atoms with Crippen LogP contribution in [0.25, 0.3) is 10.9 Å². The molecular formula is C14H15NO2S. The van der Waals surface area contributed by atoms with Gasteiger partial charge in [0.25, 0.3) is 0 Å². The highest BCUT2D eigenvalue weighted by molar-refractivity contribution is 8.00. The smallest absolute Gasteiger partial charge is 0.319 e. The number of carbonyl (C=O) groups excluding carboxylic acids is 1. The number of fused-ring (bicyclic) bond motifs is 1. The van der Waals surface area contributed by atoms with Crippen LogP contribution < -0.4 is 0 Å². The van der Waals surface area contributed by atoms with E-state index < -0.39 is 0 Å². The van der Waals surface area contributed by atoms with Gasteiger partial charge in [0.2, 0.25) is 0 Å². The van der Waals surface area contributed by atoms with Gasteiger partial charge in [-0.25, -0.2) is 4.98 Å². The molecule has 3 nitrogen and oxygen atoms in total. The molecule has 0 radical (unpaired) electrons. The first kappa shape index (κ1) is 12.9. The van der Waals surface area contributed by atoms with Crippen molar-refractivity contribution in [1.82, 2.24) is 4.98 Å². The summed E-state index contributed by atoms with van der Waals surface area (Å²) in [5.74, 6) is -0.197. The molecule has 1 aromatic carbocycles. The molecule has 0 amide bonds. The van der Waals surface area contributed by atoms with Crippen molar-refractivity contribution in [3.8, 4) is 0 Å². The molecule has 0 saturated heterocycles. The number of hydrogen-bond donors (Lipinski definition) is 0. The third kappa shape index (κ3) is 3.01. The molecule has 2 aromatic rings. The highest BCUT2D eigenvalue weighted by Gasteiger charge is 2.16. The van der Waals surface area contributed by atoms with Gasteiger partial charge in [-0.05, 0) is 26.0 Å². The Balaban J connectivity index is 2.14. The van der Waals surface area contributed by atoms with Gasteiger partial charge in [0.05, 0.1) is 17.1 Å². The first-order valence-electron chi connectivity index (χ1n) is 5.90. The molecule has 0 aliphatic heterocycles. The minimum Gasteiger partial charge on any atom is -0.465 e. The summed E-state index contributed by atoms with van der Waals surface area (Å²) < 4.78 is 4.98. The lowest BCUT2D eigenvalue weighted by molar-refractivity contribution is -0.142. The number of ether oxygens (including phenoxy) is 1. The van der Waals surface area contributed by atoms with E-state index in [1.165, 1.54) is 11.8 Å². The van der Waals surface area contributed by atoms with Gasteiger partial charge < -0.3 is 4.74 Å². The Labute approximate surface area is 111 Å². The Morgan fingerprint density at radius 1 is 1.33 bits per heavy atom. The number of aromatic nitrogens is 1. The molecule has 1 unspecified atom stereocenters. The molecule has 1 atom stereocenters. The maximum absolute atomic E-state index is 11.5. The molecule has 1 aromatic heterocycles. The predicted molar refractivity (Wildman–Crippen MR) is 73.7 cm³/mol. The molecular weight excluding hydrogens is 246 g/mol. The topological polar surface area (TPSA) is 39.2 Å². The van der Waals surface area contributed by atoms with Crippen LogP contribution in [0.5, 0.6) is 0 Å². The largest absolute Gasteiger partial charge is 0.465 e. The summed E-state index contributed by atoms with van der Waals surface area (Å²) in [5.41, 5.74) is 0.943. The second-order valence-electron chi connectivity index (χ2n) is 3.85. The first-order chi connectivity index (χ1) is 8.70. The molecule has 0 fully saturated rings. The normalized spacial score (nSPS) is 12.3. The molecule has 18 heavy (non-hydrogen) atoms. The van der Waals surface area contributed by atoms with Crippen LogP contribution in [0.1, 0.15) is 13.8 Å². The molecule has 0 spiro atoms. The summed E-state index contributed by atoms with van der Waals surface area (Å²) in [6.45, 7) is 4.05. The summed E-state index contributed by atoms with van der Waals surface area (Å²) >= 11 is 1.42. The highest BCUT2D eigenvalue weighted by atomic mass is 32.2. The minimum atomic E-state index is -0.237. The Morgan fingerprint density at radius 2 is 2.11 bits per heavy atom. The quantitative estimate of drug-likeness (QED) is 0.625. The fraction of sp³-hybridized carbons (Fsp3) is 0.286. The van der Waals surface area contributed by atoms with Crippen molar-refractivity contribution in [1.29, 1.82) is 0 Å². The van der Waals surface area contributed by atoms with E-state index >= 15 is 0 Å². The third-order valence-electron chi connectivity index (χ3n) is 2.49. The zero-order chi connectivity index (χ0) is 13.0. The second-order valence-corrected chi connectivity index (χ2v) is 5.22. The molecule has 0 saturated carbocycles. The number of pyridine rings is 1. The zero-order valence-electron chi connectivity index (χ0n) is 10.4. The molecule has 4 heteroatoms. The number of esters is 1. The number of rotatable bonds is 4. The zero-order valence-corrected chi connectivity index (χ0v) is 11.2. The Bertz CT molecular complexity index is 556. The SMILES string of the molecule is CCOC(=O)C(C)Sc1ccc2ccccc2n1. The van der Waals surface area contributed by atoms with Gasteiger partial charge in [-0.15, -0.1) is 0 Å². The van der Waals surface area contributed by atoms with Gasteiger partial charge in [-0.2, -0.15) is 0 Å². The van der Waals surface area contributed by atoms with Crippen LogP contribution in [0.4, 0.5) is 0 Å². The molecule has 94 valence electrons. The van der Waals surface area contributed by atoms with Gasteiger partial charge >= 0.3 is 5.97 Å². The van der Waals surface area contributed by atoms with Gasteiger partial charge in [-0.1, -0.05) is 36.0 Å². The summed E-state index contributed by atoms with van der Waals surface area (Å²) in [5, 5.41) is 1.71. The van der Waals surface area contributed by atoms with Crippen LogP contribution in [0, 0.1) is 0 Å². The number of para-hydroxylation sites is 1. The van der Waals surface area contributed by atoms with E-state index in [1.807, 2.05) is 50.2 Å². The number of carbonyl (C=O) groups is 1. The summed E-state index contributed by atoms with van der Waals surface area (Å²) in [6, 6.07) is 11.9. The van der Waals surface area contributed by atoms with Gasteiger partial charge in [0.1, 0.15) is 5.25 Å². The molecule has 2 rings (SSSR count). The van der Waals surface area contributed by atoms with E-state index in [4.69, 9.17) is 4.74 Å². The maximum Gasteiger partial charge on any atom is 0.319 e. The van der Waals surface area contributed by atoms with E-state index in [1.54, 1.807) is 0 Å². The fourth-order valence-corrected chi connectivity index (χ4v) is 2.43. The van der Waals surface area contributed by atoms with Crippen molar-refractivity contribution in [3.05, 3.63) is 36.4 Å². The number of thioether (sulfide) groups is 1.